The van der Waals surface area contributed by atoms with Gasteiger partial charge in [-0.1, -0.05) is 30.3 Å². The summed E-state index contributed by atoms with van der Waals surface area (Å²) in [5.41, 5.74) is 1.76. The van der Waals surface area contributed by atoms with Crippen molar-refractivity contribution in [3.05, 3.63) is 59.7 Å². The van der Waals surface area contributed by atoms with Crippen LogP contribution in [0.3, 0.4) is 0 Å². The van der Waals surface area contributed by atoms with Crippen LogP contribution in [0.5, 0.6) is 11.5 Å². The first-order chi connectivity index (χ1) is 13.7. The standard InChI is InChI=1S/C22H28N2O4/c1-26-20-9-8-18(15-21(20)27-2)22(25)23-19(14-17-6-4-3-5-7-17)16-24-10-12-28-13-11-24/h3-9,15,19H,10-14,16H2,1-2H3,(H,23,25). The molecule has 1 atom stereocenters. The van der Waals surface area contributed by atoms with Crippen molar-refractivity contribution in [2.75, 3.05) is 47.1 Å². The number of nitrogens with zero attached hydrogens (tertiary/aromatic N) is 1. The number of nitrogens with one attached hydrogen (secondary N) is 1. The van der Waals surface area contributed by atoms with Crippen molar-refractivity contribution < 1.29 is 19.0 Å². The number of hydrogen-bond donors (Lipinski definition) is 1. The minimum atomic E-state index is -0.116. The quantitative estimate of drug-likeness (QED) is 0.757. The van der Waals surface area contributed by atoms with E-state index < -0.39 is 0 Å². The Kier molecular flexibility index (Phi) is 7.28. The van der Waals surface area contributed by atoms with Crippen LogP contribution in [0.15, 0.2) is 48.5 Å². The topological polar surface area (TPSA) is 60.0 Å². The fraction of sp³-hybridized carbons (Fsp3) is 0.409. The zero-order chi connectivity index (χ0) is 19.8. The van der Waals surface area contributed by atoms with Gasteiger partial charge >= 0.3 is 0 Å². The number of carbonyl (C=O) groups is 1. The highest BCUT2D eigenvalue weighted by Crippen LogP contribution is 2.27. The first kappa shape index (κ1) is 20.2. The Hall–Kier alpha value is -2.57. The lowest BCUT2D eigenvalue weighted by molar-refractivity contribution is 0.0333. The summed E-state index contributed by atoms with van der Waals surface area (Å²) in [6, 6.07) is 15.5. The molecule has 1 aliphatic heterocycles. The number of benzene rings is 2. The van der Waals surface area contributed by atoms with Gasteiger partial charge in [-0.15, -0.1) is 0 Å². The van der Waals surface area contributed by atoms with E-state index in [0.717, 1.165) is 39.3 Å². The maximum atomic E-state index is 12.9. The molecule has 1 N–H and O–H groups in total. The van der Waals surface area contributed by atoms with Crippen molar-refractivity contribution in [3.8, 4) is 11.5 Å². The summed E-state index contributed by atoms with van der Waals surface area (Å²) in [6.45, 7) is 4.04. The molecular formula is C22H28N2O4. The lowest BCUT2D eigenvalue weighted by atomic mass is 10.0. The minimum absolute atomic E-state index is 0.00102. The molecule has 1 unspecified atom stereocenters. The molecule has 0 saturated carbocycles. The monoisotopic (exact) mass is 384 g/mol. The summed E-state index contributed by atoms with van der Waals surface area (Å²) in [7, 11) is 3.14. The van der Waals surface area contributed by atoms with Crippen LogP contribution < -0.4 is 14.8 Å². The highest BCUT2D eigenvalue weighted by molar-refractivity contribution is 5.95. The van der Waals surface area contributed by atoms with Crippen LogP contribution in [-0.4, -0.2) is 63.9 Å². The van der Waals surface area contributed by atoms with Crippen molar-refractivity contribution in [1.82, 2.24) is 10.2 Å². The molecular weight excluding hydrogens is 356 g/mol. The van der Waals surface area contributed by atoms with E-state index in [2.05, 4.69) is 22.3 Å². The molecule has 2 aromatic carbocycles. The molecule has 150 valence electrons. The summed E-state index contributed by atoms with van der Waals surface area (Å²) in [5.74, 6) is 1.03. The van der Waals surface area contributed by atoms with Crippen molar-refractivity contribution in [3.63, 3.8) is 0 Å². The molecule has 1 aliphatic rings. The predicted molar refractivity (Wildman–Crippen MR) is 108 cm³/mol. The van der Waals surface area contributed by atoms with Gasteiger partial charge in [-0.05, 0) is 30.2 Å². The highest BCUT2D eigenvalue weighted by atomic mass is 16.5. The first-order valence-electron chi connectivity index (χ1n) is 9.56. The Morgan fingerprint density at radius 3 is 2.46 bits per heavy atom. The summed E-state index contributed by atoms with van der Waals surface area (Å²) < 4.78 is 16.0. The van der Waals surface area contributed by atoms with Crippen molar-refractivity contribution >= 4 is 5.91 Å². The molecule has 6 nitrogen and oxygen atoms in total. The lowest BCUT2D eigenvalue weighted by Gasteiger charge is -2.31. The molecule has 6 heteroatoms. The third-order valence-corrected chi connectivity index (χ3v) is 4.89. The van der Waals surface area contributed by atoms with Gasteiger partial charge in [0.25, 0.3) is 5.91 Å². The summed E-state index contributed by atoms with van der Waals surface area (Å²) in [6.07, 6.45) is 0.775. The molecule has 0 radical (unpaired) electrons. The smallest absolute Gasteiger partial charge is 0.251 e. The summed E-state index contributed by atoms with van der Waals surface area (Å²) >= 11 is 0. The van der Waals surface area contributed by atoms with Gasteiger partial charge < -0.3 is 19.5 Å². The maximum absolute atomic E-state index is 12.9. The van der Waals surface area contributed by atoms with E-state index in [-0.39, 0.29) is 11.9 Å². The van der Waals surface area contributed by atoms with Gasteiger partial charge in [0.1, 0.15) is 0 Å². The summed E-state index contributed by atoms with van der Waals surface area (Å²) in [5, 5.41) is 3.20. The maximum Gasteiger partial charge on any atom is 0.251 e. The second-order valence-corrected chi connectivity index (χ2v) is 6.84. The van der Waals surface area contributed by atoms with Gasteiger partial charge in [0.15, 0.2) is 11.5 Å². The van der Waals surface area contributed by atoms with Gasteiger partial charge in [0.2, 0.25) is 0 Å². The van der Waals surface area contributed by atoms with Gasteiger partial charge in [0, 0.05) is 31.2 Å². The van der Waals surface area contributed by atoms with Crippen LogP contribution in [0.2, 0.25) is 0 Å². The molecule has 1 heterocycles. The molecule has 0 aromatic heterocycles. The number of morpholine rings is 1. The fourth-order valence-corrected chi connectivity index (χ4v) is 3.40. The number of amides is 1. The Balaban J connectivity index is 1.72. The van der Waals surface area contributed by atoms with Crippen molar-refractivity contribution in [2.24, 2.45) is 0 Å². The van der Waals surface area contributed by atoms with Crippen LogP contribution in [0.4, 0.5) is 0 Å². The highest BCUT2D eigenvalue weighted by Gasteiger charge is 2.20. The SMILES string of the molecule is COc1ccc(C(=O)NC(Cc2ccccc2)CN2CCOCC2)cc1OC. The first-order valence-corrected chi connectivity index (χ1v) is 9.56. The average molecular weight is 384 g/mol. The van der Waals surface area contributed by atoms with Gasteiger partial charge in [-0.2, -0.15) is 0 Å². The zero-order valence-corrected chi connectivity index (χ0v) is 16.5. The predicted octanol–water partition coefficient (Wildman–Crippen LogP) is 2.38. The Morgan fingerprint density at radius 2 is 1.79 bits per heavy atom. The van der Waals surface area contributed by atoms with Gasteiger partial charge in [0.05, 0.1) is 27.4 Å². The Morgan fingerprint density at radius 1 is 1.07 bits per heavy atom. The molecule has 0 spiro atoms. The van der Waals surface area contributed by atoms with Gasteiger partial charge in [-0.3, -0.25) is 9.69 Å². The number of rotatable bonds is 8. The molecule has 1 amide bonds. The molecule has 1 saturated heterocycles. The second kappa shape index (κ2) is 10.1. The van der Waals surface area contributed by atoms with Crippen LogP contribution in [-0.2, 0) is 11.2 Å². The third-order valence-electron chi connectivity index (χ3n) is 4.89. The fourth-order valence-electron chi connectivity index (χ4n) is 3.40. The molecule has 1 fully saturated rings. The zero-order valence-electron chi connectivity index (χ0n) is 16.5. The number of methoxy groups -OCH3 is 2. The van der Waals surface area contributed by atoms with Crippen molar-refractivity contribution in [1.29, 1.82) is 0 Å². The normalized spacial score (nSPS) is 15.6. The van der Waals surface area contributed by atoms with Crippen LogP contribution in [0.25, 0.3) is 0 Å². The number of hydrogen-bond acceptors (Lipinski definition) is 5. The van der Waals surface area contributed by atoms with E-state index in [1.165, 1.54) is 5.56 Å². The van der Waals surface area contributed by atoms with Crippen LogP contribution >= 0.6 is 0 Å². The number of carbonyl (C=O) groups excluding carboxylic acids is 1. The van der Waals surface area contributed by atoms with Crippen molar-refractivity contribution in [2.45, 2.75) is 12.5 Å². The van der Waals surface area contributed by atoms with E-state index in [1.807, 2.05) is 18.2 Å². The second-order valence-electron chi connectivity index (χ2n) is 6.84. The molecule has 0 bridgehead atoms. The van der Waals surface area contributed by atoms with E-state index in [0.29, 0.717) is 17.1 Å². The Labute approximate surface area is 166 Å². The van der Waals surface area contributed by atoms with E-state index in [4.69, 9.17) is 14.2 Å². The van der Waals surface area contributed by atoms with Crippen LogP contribution in [0, 0.1) is 0 Å². The lowest BCUT2D eigenvalue weighted by Crippen LogP contribution is -2.48. The average Bonchev–Trinajstić information content (AvgIpc) is 2.74. The summed E-state index contributed by atoms with van der Waals surface area (Å²) in [4.78, 5) is 15.2. The van der Waals surface area contributed by atoms with Gasteiger partial charge in [-0.25, -0.2) is 0 Å². The molecule has 28 heavy (non-hydrogen) atoms. The largest absolute Gasteiger partial charge is 0.493 e. The number of ether oxygens (including phenoxy) is 3. The Bertz CT molecular complexity index is 760. The molecule has 2 aromatic rings. The minimum Gasteiger partial charge on any atom is -0.493 e. The third kappa shape index (κ3) is 5.47. The molecule has 3 rings (SSSR count). The van der Waals surface area contributed by atoms with E-state index >= 15 is 0 Å². The van der Waals surface area contributed by atoms with Crippen LogP contribution in [0.1, 0.15) is 15.9 Å². The molecule has 0 aliphatic carbocycles. The van der Waals surface area contributed by atoms with E-state index in [9.17, 15) is 4.79 Å². The van der Waals surface area contributed by atoms with E-state index in [1.54, 1.807) is 32.4 Å².